The van der Waals surface area contributed by atoms with Crippen LogP contribution in [-0.4, -0.2) is 14.1 Å². The Hall–Kier alpha value is -5.41. The van der Waals surface area contributed by atoms with Crippen LogP contribution in [0.1, 0.15) is 18.2 Å². The minimum atomic E-state index is 0.913. The first kappa shape index (κ1) is 24.4. The minimum Gasteiger partial charge on any atom is -0.307 e. The number of pyridine rings is 1. The Morgan fingerprint density at radius 1 is 0.571 bits per heavy atom. The number of hydrogen-bond donors (Lipinski definition) is 0. The highest BCUT2D eigenvalue weighted by Crippen LogP contribution is 2.42. The predicted molar refractivity (Wildman–Crippen MR) is 178 cm³/mol. The van der Waals surface area contributed by atoms with Gasteiger partial charge in [0.25, 0.3) is 0 Å². The summed E-state index contributed by atoms with van der Waals surface area (Å²) in [6.07, 6.45) is 4.20. The molecule has 0 unspecified atom stereocenters. The van der Waals surface area contributed by atoms with E-state index in [0.29, 0.717) is 0 Å². The summed E-state index contributed by atoms with van der Waals surface area (Å²) in [5, 5.41) is 4.91. The molecule has 0 bridgehead atoms. The van der Waals surface area contributed by atoms with E-state index in [-0.39, 0.29) is 0 Å². The van der Waals surface area contributed by atoms with Crippen molar-refractivity contribution in [1.82, 2.24) is 14.1 Å². The van der Waals surface area contributed by atoms with Gasteiger partial charge in [0.2, 0.25) is 0 Å². The van der Waals surface area contributed by atoms with E-state index in [4.69, 9.17) is 4.98 Å². The average Bonchev–Trinajstić information content (AvgIpc) is 3.56. The molecule has 8 aromatic rings. The van der Waals surface area contributed by atoms with E-state index in [2.05, 4.69) is 163 Å². The zero-order valence-corrected chi connectivity index (χ0v) is 23.6. The zero-order valence-electron chi connectivity index (χ0n) is 23.6. The Morgan fingerprint density at radius 3 is 1.76 bits per heavy atom. The Balaban J connectivity index is 1.60. The second-order valence-corrected chi connectivity index (χ2v) is 10.8. The van der Waals surface area contributed by atoms with Crippen molar-refractivity contribution in [3.8, 4) is 22.6 Å². The van der Waals surface area contributed by atoms with Crippen LogP contribution < -0.4 is 0 Å². The fourth-order valence-electron chi connectivity index (χ4n) is 6.55. The quantitative estimate of drug-likeness (QED) is 0.218. The van der Waals surface area contributed by atoms with Crippen LogP contribution in [0.15, 0.2) is 133 Å². The summed E-state index contributed by atoms with van der Waals surface area (Å²) in [7, 11) is 0. The second-order valence-electron chi connectivity index (χ2n) is 10.8. The van der Waals surface area contributed by atoms with E-state index < -0.39 is 0 Å². The fourth-order valence-corrected chi connectivity index (χ4v) is 6.55. The molecule has 3 heterocycles. The monoisotopic (exact) mass is 539 g/mol. The van der Waals surface area contributed by atoms with Gasteiger partial charge in [-0.25, -0.2) is 4.98 Å². The maximum absolute atomic E-state index is 5.32. The van der Waals surface area contributed by atoms with E-state index in [1.165, 1.54) is 49.3 Å². The molecule has 0 amide bonds. The lowest BCUT2D eigenvalue weighted by Crippen LogP contribution is -2.03. The lowest BCUT2D eigenvalue weighted by Gasteiger charge is -2.16. The number of para-hydroxylation sites is 3. The van der Waals surface area contributed by atoms with Crippen molar-refractivity contribution in [1.29, 1.82) is 0 Å². The Labute approximate surface area is 244 Å². The van der Waals surface area contributed by atoms with Crippen molar-refractivity contribution in [3.63, 3.8) is 0 Å². The van der Waals surface area contributed by atoms with Crippen LogP contribution in [0.4, 0.5) is 0 Å². The van der Waals surface area contributed by atoms with Gasteiger partial charge < -0.3 is 4.57 Å². The van der Waals surface area contributed by atoms with Gasteiger partial charge in [-0.05, 0) is 66.9 Å². The number of rotatable bonds is 4. The molecule has 0 spiro atoms. The van der Waals surface area contributed by atoms with Crippen LogP contribution in [0.5, 0.6) is 0 Å². The summed E-state index contributed by atoms with van der Waals surface area (Å²) < 4.78 is 4.80. The molecule has 200 valence electrons. The molecule has 0 radical (unpaired) electrons. The summed E-state index contributed by atoms with van der Waals surface area (Å²) in [5.74, 6) is 0.913. The van der Waals surface area contributed by atoms with Gasteiger partial charge in [-0.1, -0.05) is 103 Å². The Kier molecular flexibility index (Phi) is 5.58. The van der Waals surface area contributed by atoms with E-state index >= 15 is 0 Å². The summed E-state index contributed by atoms with van der Waals surface area (Å²) in [4.78, 5) is 5.32. The first-order valence-electron chi connectivity index (χ1n) is 14.5. The Bertz CT molecular complexity index is 2300. The molecule has 0 atom stereocenters. The molecular weight excluding hydrogens is 510 g/mol. The summed E-state index contributed by atoms with van der Waals surface area (Å²) in [6.45, 7) is 4.23. The van der Waals surface area contributed by atoms with Crippen molar-refractivity contribution in [2.24, 2.45) is 0 Å². The van der Waals surface area contributed by atoms with Crippen molar-refractivity contribution in [3.05, 3.63) is 145 Å². The number of hydrogen-bond acceptors (Lipinski definition) is 1. The largest absolute Gasteiger partial charge is 0.307 e. The van der Waals surface area contributed by atoms with Crippen molar-refractivity contribution < 1.29 is 0 Å². The first-order valence-corrected chi connectivity index (χ1v) is 14.5. The number of benzene rings is 5. The van der Waals surface area contributed by atoms with Gasteiger partial charge in [0.1, 0.15) is 5.82 Å². The molecule has 0 saturated heterocycles. The van der Waals surface area contributed by atoms with E-state index in [1.807, 2.05) is 0 Å². The standard InChI is InChI=1S/C39H29N3/c1-3-14-34-26(2)33(27-15-6-4-7-16-27)25-37(40-34)42-36-22-13-11-20-30(36)32-24-23-31-29-19-10-12-21-35(29)41(38(31)39(32)42)28-17-8-5-9-18-28/h3-25H,1-2H3/b14-3-. The van der Waals surface area contributed by atoms with Crippen LogP contribution in [0.25, 0.3) is 72.3 Å². The van der Waals surface area contributed by atoms with Gasteiger partial charge in [-0.3, -0.25) is 4.57 Å². The second kappa shape index (κ2) is 9.60. The normalized spacial score (nSPS) is 12.0. The maximum atomic E-state index is 5.32. The van der Waals surface area contributed by atoms with Crippen LogP contribution >= 0.6 is 0 Å². The lowest BCUT2D eigenvalue weighted by atomic mass is 9.99. The van der Waals surface area contributed by atoms with E-state index in [1.54, 1.807) is 0 Å². The summed E-state index contributed by atoms with van der Waals surface area (Å²) in [6, 6.07) is 45.6. The molecule has 42 heavy (non-hydrogen) atoms. The molecule has 0 aliphatic heterocycles. The molecule has 0 saturated carbocycles. The number of nitrogens with zero attached hydrogens (tertiary/aromatic N) is 3. The summed E-state index contributed by atoms with van der Waals surface area (Å²) >= 11 is 0. The lowest BCUT2D eigenvalue weighted by molar-refractivity contribution is 1.06. The first-order chi connectivity index (χ1) is 20.7. The molecule has 0 aliphatic rings. The molecule has 0 aliphatic carbocycles. The number of aromatic nitrogens is 3. The van der Waals surface area contributed by atoms with Gasteiger partial charge in [-0.15, -0.1) is 0 Å². The van der Waals surface area contributed by atoms with E-state index in [9.17, 15) is 0 Å². The smallest absolute Gasteiger partial charge is 0.138 e. The van der Waals surface area contributed by atoms with Gasteiger partial charge in [0, 0.05) is 27.2 Å². The third-order valence-electron chi connectivity index (χ3n) is 8.42. The molecule has 3 aromatic heterocycles. The van der Waals surface area contributed by atoms with Crippen molar-refractivity contribution >= 4 is 49.7 Å². The number of fused-ring (bicyclic) bond motifs is 7. The third kappa shape index (κ3) is 3.57. The SMILES string of the molecule is C/C=C\c1nc(-n2c3ccccc3c3ccc4c5ccccc5n(-c5ccccc5)c4c32)cc(-c2ccccc2)c1C. The van der Waals surface area contributed by atoms with Gasteiger partial charge in [0.15, 0.2) is 0 Å². The van der Waals surface area contributed by atoms with Gasteiger partial charge in [0.05, 0.1) is 27.8 Å². The molecule has 5 aromatic carbocycles. The molecule has 0 N–H and O–H groups in total. The van der Waals surface area contributed by atoms with Crippen LogP contribution in [0.3, 0.4) is 0 Å². The van der Waals surface area contributed by atoms with Gasteiger partial charge >= 0.3 is 0 Å². The van der Waals surface area contributed by atoms with Crippen LogP contribution in [-0.2, 0) is 0 Å². The van der Waals surface area contributed by atoms with Crippen molar-refractivity contribution in [2.75, 3.05) is 0 Å². The molecule has 3 nitrogen and oxygen atoms in total. The maximum Gasteiger partial charge on any atom is 0.138 e. The molecule has 3 heteroatoms. The van der Waals surface area contributed by atoms with E-state index in [0.717, 1.165) is 28.2 Å². The Morgan fingerprint density at radius 2 is 1.12 bits per heavy atom. The highest BCUT2D eigenvalue weighted by molar-refractivity contribution is 6.23. The molecular formula is C39H29N3. The molecule has 0 fully saturated rings. The van der Waals surface area contributed by atoms with Crippen LogP contribution in [0.2, 0.25) is 0 Å². The predicted octanol–water partition coefficient (Wildman–Crippen LogP) is 10.3. The fraction of sp³-hybridized carbons (Fsp3) is 0.0513. The molecule has 8 rings (SSSR count). The average molecular weight is 540 g/mol. The third-order valence-corrected chi connectivity index (χ3v) is 8.42. The minimum absolute atomic E-state index is 0.913. The summed E-state index contributed by atoms with van der Waals surface area (Å²) in [5.41, 5.74) is 10.4. The number of allylic oxidation sites excluding steroid dienone is 1. The highest BCUT2D eigenvalue weighted by Gasteiger charge is 2.22. The van der Waals surface area contributed by atoms with Crippen LogP contribution in [0, 0.1) is 6.92 Å². The van der Waals surface area contributed by atoms with Gasteiger partial charge in [-0.2, -0.15) is 0 Å². The zero-order chi connectivity index (χ0) is 28.2. The topological polar surface area (TPSA) is 22.8 Å². The highest BCUT2D eigenvalue weighted by atomic mass is 15.1. The van der Waals surface area contributed by atoms with Crippen molar-refractivity contribution in [2.45, 2.75) is 13.8 Å².